The van der Waals surface area contributed by atoms with Crippen molar-refractivity contribution in [1.29, 1.82) is 0 Å². The molecule has 2 rings (SSSR count). The lowest BCUT2D eigenvalue weighted by atomic mass is 10.0. The van der Waals surface area contributed by atoms with Crippen molar-refractivity contribution in [2.45, 2.75) is 38.9 Å². The molecule has 0 aliphatic rings. The average molecular weight is 338 g/mol. The van der Waals surface area contributed by atoms with Crippen LogP contribution in [0.25, 0.3) is 0 Å². The van der Waals surface area contributed by atoms with Crippen LogP contribution in [-0.4, -0.2) is 22.4 Å². The lowest BCUT2D eigenvalue weighted by Crippen LogP contribution is -2.22. The van der Waals surface area contributed by atoms with E-state index < -0.39 is 0 Å². The minimum Gasteiger partial charge on any atom is -0.508 e. The molecule has 0 amide bonds. The molecular weight excluding hydrogens is 312 g/mol. The number of ether oxygens (including phenoxy) is 1. The van der Waals surface area contributed by atoms with Gasteiger partial charge in [0.1, 0.15) is 11.5 Å². The molecule has 0 fully saturated rings. The second kappa shape index (κ2) is 8.54. The monoisotopic (exact) mass is 338 g/mol. The average Bonchev–Trinajstić information content (AvgIpc) is 2.59. The highest BCUT2D eigenvalue weighted by Crippen LogP contribution is 2.21. The van der Waals surface area contributed by atoms with E-state index >= 15 is 0 Å². The van der Waals surface area contributed by atoms with Gasteiger partial charge in [0.25, 0.3) is 0 Å². The molecule has 0 saturated carbocycles. The zero-order valence-corrected chi connectivity index (χ0v) is 14.9. The van der Waals surface area contributed by atoms with E-state index in [9.17, 15) is 10.2 Å². The van der Waals surface area contributed by atoms with Gasteiger partial charge < -0.3 is 14.9 Å². The molecule has 0 heterocycles. The van der Waals surface area contributed by atoms with Gasteiger partial charge in [0.2, 0.25) is 0 Å². The summed E-state index contributed by atoms with van der Waals surface area (Å²) in [4.78, 5) is 0. The van der Waals surface area contributed by atoms with Gasteiger partial charge in [-0.25, -0.2) is 0 Å². The largest absolute Gasteiger partial charge is 0.508 e. The van der Waals surface area contributed by atoms with Crippen molar-refractivity contribution in [3.63, 3.8) is 0 Å². The van der Waals surface area contributed by atoms with Gasteiger partial charge in [-0.2, -0.15) is 0 Å². The Hall–Kier alpha value is -2.52. The fourth-order valence-electron chi connectivity index (χ4n) is 2.75. The summed E-state index contributed by atoms with van der Waals surface area (Å²) in [5, 5.41) is 19.3. The van der Waals surface area contributed by atoms with Crippen LogP contribution in [0, 0.1) is 13.8 Å². The van der Waals surface area contributed by atoms with Crippen LogP contribution >= 0.6 is 0 Å². The fourth-order valence-corrected chi connectivity index (χ4v) is 2.75. The van der Waals surface area contributed by atoms with Crippen LogP contribution in [0.2, 0.25) is 0 Å². The Morgan fingerprint density at radius 1 is 0.840 bits per heavy atom. The maximum Gasteiger partial charge on any atom is 0.118 e. The zero-order valence-electron chi connectivity index (χ0n) is 14.9. The first-order chi connectivity index (χ1) is 11.9. The number of phenols is 2. The van der Waals surface area contributed by atoms with E-state index in [1.165, 1.54) is 0 Å². The van der Waals surface area contributed by atoms with E-state index in [1.54, 1.807) is 24.3 Å². The quantitative estimate of drug-likeness (QED) is 0.690. The highest BCUT2D eigenvalue weighted by molar-refractivity contribution is 5.36. The van der Waals surface area contributed by atoms with Gasteiger partial charge in [-0.05, 0) is 48.2 Å². The van der Waals surface area contributed by atoms with Crippen LogP contribution in [0.1, 0.15) is 22.3 Å². The number of benzene rings is 2. The van der Waals surface area contributed by atoms with Gasteiger partial charge in [-0.15, -0.1) is 13.2 Å². The van der Waals surface area contributed by atoms with E-state index in [2.05, 4.69) is 13.2 Å². The highest BCUT2D eigenvalue weighted by atomic mass is 16.5. The Kier molecular flexibility index (Phi) is 6.43. The summed E-state index contributed by atoms with van der Waals surface area (Å²) < 4.78 is 6.14. The summed E-state index contributed by atoms with van der Waals surface area (Å²) in [6.45, 7) is 11.5. The van der Waals surface area contributed by atoms with Crippen LogP contribution in [0.15, 0.2) is 61.7 Å². The predicted molar refractivity (Wildman–Crippen MR) is 102 cm³/mol. The summed E-state index contributed by atoms with van der Waals surface area (Å²) >= 11 is 0. The van der Waals surface area contributed by atoms with E-state index in [0.717, 1.165) is 22.3 Å². The first-order valence-corrected chi connectivity index (χ1v) is 8.40. The molecule has 3 nitrogen and oxygen atoms in total. The van der Waals surface area contributed by atoms with Crippen molar-refractivity contribution in [3.05, 3.63) is 84.0 Å². The summed E-state index contributed by atoms with van der Waals surface area (Å²) in [6.07, 6.45) is 4.66. The van der Waals surface area contributed by atoms with Crippen molar-refractivity contribution in [2.75, 3.05) is 0 Å². The number of phenolic OH excluding ortho intramolecular Hbond substituents is 2. The first kappa shape index (κ1) is 18.8. The predicted octanol–water partition coefficient (Wildman–Crippen LogP) is 4.63. The van der Waals surface area contributed by atoms with E-state index in [-0.39, 0.29) is 12.2 Å². The molecule has 0 aromatic heterocycles. The Balaban J connectivity index is 2.04. The molecule has 2 aromatic rings. The smallest absolute Gasteiger partial charge is 0.118 e. The van der Waals surface area contributed by atoms with Gasteiger partial charge in [0.05, 0.1) is 12.2 Å². The second-order valence-electron chi connectivity index (χ2n) is 6.33. The lowest BCUT2D eigenvalue weighted by Gasteiger charge is -2.21. The number of hydrogen-bond donors (Lipinski definition) is 2. The Morgan fingerprint density at radius 2 is 1.24 bits per heavy atom. The van der Waals surface area contributed by atoms with E-state index in [1.807, 2.05) is 38.1 Å². The topological polar surface area (TPSA) is 49.7 Å². The molecule has 0 aliphatic heterocycles. The molecule has 0 saturated heterocycles. The maximum atomic E-state index is 9.64. The first-order valence-electron chi connectivity index (χ1n) is 8.40. The van der Waals surface area contributed by atoms with Crippen molar-refractivity contribution in [1.82, 2.24) is 0 Å². The molecule has 0 radical (unpaired) electrons. The zero-order chi connectivity index (χ0) is 18.4. The molecule has 2 N–H and O–H groups in total. The van der Waals surface area contributed by atoms with Gasteiger partial charge >= 0.3 is 0 Å². The molecule has 0 bridgehead atoms. The third-order valence-corrected chi connectivity index (χ3v) is 4.27. The third-order valence-electron chi connectivity index (χ3n) is 4.27. The molecule has 3 heteroatoms. The molecule has 132 valence electrons. The SMILES string of the molecule is C=CC(Cc1ccc(O)c(C)c1)OC(C=C)Cc1ccc(O)c(C)c1. The van der Waals surface area contributed by atoms with Crippen molar-refractivity contribution in [3.8, 4) is 11.5 Å². The number of aromatic hydroxyl groups is 2. The molecule has 0 aliphatic carbocycles. The van der Waals surface area contributed by atoms with Crippen molar-refractivity contribution >= 4 is 0 Å². The Labute approximate surface area is 149 Å². The van der Waals surface area contributed by atoms with E-state index in [4.69, 9.17) is 4.74 Å². The summed E-state index contributed by atoms with van der Waals surface area (Å²) in [5.74, 6) is 0.595. The maximum absolute atomic E-state index is 9.64. The third kappa shape index (κ3) is 5.23. The second-order valence-corrected chi connectivity index (χ2v) is 6.33. The summed E-state index contributed by atoms with van der Waals surface area (Å²) in [6, 6.07) is 11.1. The van der Waals surface area contributed by atoms with Gasteiger partial charge in [0.15, 0.2) is 0 Å². The number of hydrogen-bond acceptors (Lipinski definition) is 3. The van der Waals surface area contributed by atoms with Gasteiger partial charge in [0, 0.05) is 12.8 Å². The fraction of sp³-hybridized carbons (Fsp3) is 0.273. The molecular formula is C22H26O3. The minimum absolute atomic E-state index is 0.148. The van der Waals surface area contributed by atoms with Crippen LogP contribution in [0.5, 0.6) is 11.5 Å². The van der Waals surface area contributed by atoms with Crippen molar-refractivity contribution < 1.29 is 14.9 Å². The van der Waals surface area contributed by atoms with Crippen molar-refractivity contribution in [2.24, 2.45) is 0 Å². The van der Waals surface area contributed by atoms with Crippen LogP contribution in [0.3, 0.4) is 0 Å². The molecule has 25 heavy (non-hydrogen) atoms. The standard InChI is InChI=1S/C22H26O3/c1-5-19(13-17-7-9-21(23)15(3)11-17)25-20(6-2)14-18-8-10-22(24)16(4)12-18/h5-12,19-20,23-24H,1-2,13-14H2,3-4H3. The summed E-state index contributed by atoms with van der Waals surface area (Å²) in [5.41, 5.74) is 3.87. The molecule has 2 atom stereocenters. The Bertz CT molecular complexity index is 685. The van der Waals surface area contributed by atoms with Crippen LogP contribution in [0.4, 0.5) is 0 Å². The minimum atomic E-state index is -0.148. The normalized spacial score (nSPS) is 13.2. The highest BCUT2D eigenvalue weighted by Gasteiger charge is 2.14. The van der Waals surface area contributed by atoms with Crippen LogP contribution in [-0.2, 0) is 17.6 Å². The molecule has 2 unspecified atom stereocenters. The van der Waals surface area contributed by atoms with Gasteiger partial charge in [-0.1, -0.05) is 36.4 Å². The molecule has 0 spiro atoms. The lowest BCUT2D eigenvalue weighted by molar-refractivity contribution is 0.0424. The van der Waals surface area contributed by atoms with Crippen LogP contribution < -0.4 is 0 Å². The number of rotatable bonds is 8. The summed E-state index contributed by atoms with van der Waals surface area (Å²) in [7, 11) is 0. The molecule has 2 aromatic carbocycles. The van der Waals surface area contributed by atoms with Gasteiger partial charge in [-0.3, -0.25) is 0 Å². The Morgan fingerprint density at radius 3 is 1.56 bits per heavy atom. The van der Waals surface area contributed by atoms with E-state index in [0.29, 0.717) is 24.3 Å². The number of aryl methyl sites for hydroxylation is 2.